The number of pyridine rings is 1. The van der Waals surface area contributed by atoms with E-state index in [0.29, 0.717) is 0 Å². The Morgan fingerprint density at radius 3 is 2.79 bits per heavy atom. The van der Waals surface area contributed by atoms with E-state index in [1.54, 1.807) is 0 Å². The monoisotopic (exact) mass is 263 g/mol. The molecule has 4 heteroatoms. The minimum atomic E-state index is -0.130. The third-order valence-corrected chi connectivity index (χ3v) is 3.63. The van der Waals surface area contributed by atoms with Crippen LogP contribution in [-0.2, 0) is 6.54 Å². The Morgan fingerprint density at radius 1 is 1.42 bits per heavy atom. The molecule has 0 amide bonds. The van der Waals surface area contributed by atoms with Crippen molar-refractivity contribution in [1.82, 2.24) is 10.3 Å². The van der Waals surface area contributed by atoms with Crippen molar-refractivity contribution < 1.29 is 5.11 Å². The van der Waals surface area contributed by atoms with Crippen LogP contribution in [0.25, 0.3) is 0 Å². The van der Waals surface area contributed by atoms with E-state index in [0.717, 1.165) is 51.3 Å². The number of anilines is 1. The van der Waals surface area contributed by atoms with Crippen LogP contribution in [0.1, 0.15) is 37.3 Å². The van der Waals surface area contributed by atoms with Gasteiger partial charge in [-0.25, -0.2) is 4.98 Å². The summed E-state index contributed by atoms with van der Waals surface area (Å²) < 4.78 is 0. The highest BCUT2D eigenvalue weighted by Gasteiger charge is 2.19. The predicted molar refractivity (Wildman–Crippen MR) is 78.4 cm³/mol. The van der Waals surface area contributed by atoms with Gasteiger partial charge in [-0.1, -0.05) is 6.92 Å². The summed E-state index contributed by atoms with van der Waals surface area (Å²) in [5.74, 6) is 1.08. The largest absolute Gasteiger partial charge is 0.393 e. The van der Waals surface area contributed by atoms with Gasteiger partial charge in [0.05, 0.1) is 6.10 Å². The topological polar surface area (TPSA) is 48.4 Å². The Morgan fingerprint density at radius 2 is 2.16 bits per heavy atom. The van der Waals surface area contributed by atoms with Crippen LogP contribution in [0.15, 0.2) is 12.3 Å². The standard InChI is InChI=1S/C15H25N3O/c1-3-6-16-10-13-9-12(2)15(17-11-13)18-7-4-14(19)5-8-18/h9,11,14,16,19H,3-8,10H2,1-2H3. The van der Waals surface area contributed by atoms with E-state index >= 15 is 0 Å². The molecular weight excluding hydrogens is 238 g/mol. The third kappa shape index (κ3) is 3.91. The first-order chi connectivity index (χ1) is 9.20. The maximum atomic E-state index is 9.55. The minimum absolute atomic E-state index is 0.130. The molecule has 1 aliphatic heterocycles. The zero-order valence-corrected chi connectivity index (χ0v) is 12.0. The number of aliphatic hydroxyl groups is 1. The van der Waals surface area contributed by atoms with Gasteiger partial charge in [0.2, 0.25) is 0 Å². The van der Waals surface area contributed by atoms with Crippen LogP contribution in [0.2, 0.25) is 0 Å². The summed E-state index contributed by atoms with van der Waals surface area (Å²) in [6, 6.07) is 2.22. The number of rotatable bonds is 5. The highest BCUT2D eigenvalue weighted by Crippen LogP contribution is 2.22. The molecule has 0 spiro atoms. The van der Waals surface area contributed by atoms with Crippen LogP contribution < -0.4 is 10.2 Å². The SMILES string of the molecule is CCCNCc1cnc(N2CCC(O)CC2)c(C)c1. The van der Waals surface area contributed by atoms with E-state index in [-0.39, 0.29) is 6.10 Å². The fraction of sp³-hybridized carbons (Fsp3) is 0.667. The maximum Gasteiger partial charge on any atom is 0.131 e. The fourth-order valence-corrected chi connectivity index (χ4v) is 2.54. The van der Waals surface area contributed by atoms with Gasteiger partial charge in [-0.3, -0.25) is 0 Å². The highest BCUT2D eigenvalue weighted by molar-refractivity contribution is 5.47. The van der Waals surface area contributed by atoms with Gasteiger partial charge in [0, 0.05) is 25.8 Å². The summed E-state index contributed by atoms with van der Waals surface area (Å²) in [5.41, 5.74) is 2.47. The first-order valence-corrected chi connectivity index (χ1v) is 7.30. The van der Waals surface area contributed by atoms with E-state index in [2.05, 4.69) is 35.1 Å². The van der Waals surface area contributed by atoms with Gasteiger partial charge in [-0.2, -0.15) is 0 Å². The number of nitrogens with zero attached hydrogens (tertiary/aromatic N) is 2. The zero-order chi connectivity index (χ0) is 13.7. The highest BCUT2D eigenvalue weighted by atomic mass is 16.3. The quantitative estimate of drug-likeness (QED) is 0.796. The second-order valence-corrected chi connectivity index (χ2v) is 5.38. The van der Waals surface area contributed by atoms with Gasteiger partial charge in [-0.15, -0.1) is 0 Å². The molecule has 0 unspecified atom stereocenters. The summed E-state index contributed by atoms with van der Waals surface area (Å²) >= 11 is 0. The molecular formula is C15H25N3O. The van der Waals surface area contributed by atoms with Crippen molar-refractivity contribution in [1.29, 1.82) is 0 Å². The summed E-state index contributed by atoms with van der Waals surface area (Å²) in [4.78, 5) is 6.89. The molecule has 2 N–H and O–H groups in total. The summed E-state index contributed by atoms with van der Waals surface area (Å²) in [6.07, 6.45) is 4.69. The lowest BCUT2D eigenvalue weighted by molar-refractivity contribution is 0.145. The molecule has 19 heavy (non-hydrogen) atoms. The van der Waals surface area contributed by atoms with Crippen molar-refractivity contribution >= 4 is 5.82 Å². The number of nitrogens with one attached hydrogen (secondary N) is 1. The van der Waals surface area contributed by atoms with Gasteiger partial charge in [0.15, 0.2) is 0 Å². The lowest BCUT2D eigenvalue weighted by Crippen LogP contribution is -2.36. The first kappa shape index (κ1) is 14.3. The van der Waals surface area contributed by atoms with Crippen LogP contribution in [0.5, 0.6) is 0 Å². The molecule has 0 aliphatic carbocycles. The minimum Gasteiger partial charge on any atom is -0.393 e. The van der Waals surface area contributed by atoms with Crippen LogP contribution in [0.4, 0.5) is 5.82 Å². The molecule has 0 radical (unpaired) electrons. The molecule has 2 rings (SSSR count). The number of hydrogen-bond donors (Lipinski definition) is 2. The van der Waals surface area contributed by atoms with Crippen LogP contribution in [0, 0.1) is 6.92 Å². The Hall–Kier alpha value is -1.13. The van der Waals surface area contributed by atoms with Crippen LogP contribution >= 0.6 is 0 Å². The number of aryl methyl sites for hydroxylation is 1. The molecule has 1 aromatic rings. The first-order valence-electron chi connectivity index (χ1n) is 7.30. The normalized spacial score (nSPS) is 16.9. The van der Waals surface area contributed by atoms with Crippen LogP contribution in [0.3, 0.4) is 0 Å². The van der Waals surface area contributed by atoms with E-state index in [1.165, 1.54) is 11.1 Å². The molecule has 106 valence electrons. The molecule has 1 saturated heterocycles. The van der Waals surface area contributed by atoms with E-state index in [1.807, 2.05) is 6.20 Å². The van der Waals surface area contributed by atoms with E-state index in [9.17, 15) is 5.11 Å². The van der Waals surface area contributed by atoms with Gasteiger partial charge < -0.3 is 15.3 Å². The van der Waals surface area contributed by atoms with Crippen LogP contribution in [-0.4, -0.2) is 35.8 Å². The molecule has 0 saturated carbocycles. The zero-order valence-electron chi connectivity index (χ0n) is 12.0. The Balaban J connectivity index is 1.98. The molecule has 1 fully saturated rings. The molecule has 2 heterocycles. The third-order valence-electron chi connectivity index (χ3n) is 3.63. The van der Waals surface area contributed by atoms with E-state index in [4.69, 9.17) is 0 Å². The average Bonchev–Trinajstić information content (AvgIpc) is 2.41. The molecule has 0 aromatic carbocycles. The molecule has 1 aliphatic rings. The Labute approximate surface area is 115 Å². The smallest absolute Gasteiger partial charge is 0.131 e. The van der Waals surface area contributed by atoms with Crippen molar-refractivity contribution in [3.05, 3.63) is 23.4 Å². The Kier molecular flexibility index (Phi) is 5.16. The fourth-order valence-electron chi connectivity index (χ4n) is 2.54. The number of aromatic nitrogens is 1. The van der Waals surface area contributed by atoms with Crippen molar-refractivity contribution in [2.75, 3.05) is 24.5 Å². The lowest BCUT2D eigenvalue weighted by Gasteiger charge is -2.31. The van der Waals surface area contributed by atoms with Crippen molar-refractivity contribution in [2.24, 2.45) is 0 Å². The van der Waals surface area contributed by atoms with Gasteiger partial charge >= 0.3 is 0 Å². The maximum absolute atomic E-state index is 9.55. The predicted octanol–water partition coefficient (Wildman–Crippen LogP) is 1.85. The number of aliphatic hydroxyl groups excluding tert-OH is 1. The summed E-state index contributed by atoms with van der Waals surface area (Å²) in [6.45, 7) is 8.04. The molecule has 0 bridgehead atoms. The summed E-state index contributed by atoms with van der Waals surface area (Å²) in [7, 11) is 0. The van der Waals surface area contributed by atoms with Crippen molar-refractivity contribution in [2.45, 2.75) is 45.8 Å². The number of hydrogen-bond acceptors (Lipinski definition) is 4. The van der Waals surface area contributed by atoms with Gasteiger partial charge in [0.25, 0.3) is 0 Å². The average molecular weight is 263 g/mol. The molecule has 4 nitrogen and oxygen atoms in total. The second kappa shape index (κ2) is 6.87. The number of piperidine rings is 1. The molecule has 0 atom stereocenters. The second-order valence-electron chi connectivity index (χ2n) is 5.38. The van der Waals surface area contributed by atoms with Crippen molar-refractivity contribution in [3.8, 4) is 0 Å². The van der Waals surface area contributed by atoms with Gasteiger partial charge in [-0.05, 0) is 49.9 Å². The van der Waals surface area contributed by atoms with Crippen molar-refractivity contribution in [3.63, 3.8) is 0 Å². The van der Waals surface area contributed by atoms with E-state index < -0.39 is 0 Å². The Bertz CT molecular complexity index is 400. The van der Waals surface area contributed by atoms with Gasteiger partial charge in [0.1, 0.15) is 5.82 Å². The lowest BCUT2D eigenvalue weighted by atomic mass is 10.1. The summed E-state index contributed by atoms with van der Waals surface area (Å²) in [5, 5.41) is 12.9. The molecule has 1 aromatic heterocycles.